The summed E-state index contributed by atoms with van der Waals surface area (Å²) in [5.41, 5.74) is 0. The average Bonchev–Trinajstić information content (AvgIpc) is 3.23. The summed E-state index contributed by atoms with van der Waals surface area (Å²) in [6.07, 6.45) is 0. The topological polar surface area (TPSA) is 84.5 Å². The molecule has 0 spiro atoms. The van der Waals surface area contributed by atoms with Crippen molar-refractivity contribution in [3.63, 3.8) is 0 Å². The van der Waals surface area contributed by atoms with Crippen LogP contribution in [0.1, 0.15) is 19.4 Å². The lowest BCUT2D eigenvalue weighted by atomic mass is 10.3. The van der Waals surface area contributed by atoms with Gasteiger partial charge in [0.25, 0.3) is 0 Å². The van der Waals surface area contributed by atoms with Gasteiger partial charge in [0.1, 0.15) is 0 Å². The number of ketones is 1. The molecule has 2 aromatic heterocycles. The Morgan fingerprint density at radius 2 is 1.87 bits per heavy atom. The van der Waals surface area contributed by atoms with Gasteiger partial charge in [0.05, 0.1) is 22.9 Å². The lowest BCUT2D eigenvalue weighted by Gasteiger charge is -2.04. The van der Waals surface area contributed by atoms with E-state index in [0.717, 1.165) is 4.88 Å². The highest BCUT2D eigenvalue weighted by atomic mass is 32.1. The van der Waals surface area contributed by atoms with Crippen LogP contribution in [0.3, 0.4) is 0 Å². The lowest BCUT2D eigenvalue weighted by molar-refractivity contribution is -0.139. The highest BCUT2D eigenvalue weighted by molar-refractivity contribution is 7.16. The summed E-state index contributed by atoms with van der Waals surface area (Å²) in [5.74, 6) is -1.44. The van der Waals surface area contributed by atoms with E-state index < -0.39 is 11.8 Å². The molecule has 0 bridgehead atoms. The standard InChI is InChI=1S/C15H16N2O4S2/c1-21-7-6-16-14(19)15(20)17-9-10-4-5-12(23-10)13(18)11-3-2-8-22-11/h2-5,8H,6-7,9H2,1H3,(H,16,19)(H,17,20). The Bertz CT molecular complexity index is 679. The van der Waals surface area contributed by atoms with Gasteiger partial charge in [-0.3, -0.25) is 14.4 Å². The van der Waals surface area contributed by atoms with Gasteiger partial charge in [-0.1, -0.05) is 6.07 Å². The second kappa shape index (κ2) is 8.56. The zero-order chi connectivity index (χ0) is 16.7. The van der Waals surface area contributed by atoms with E-state index in [1.165, 1.54) is 29.8 Å². The number of ether oxygens (including phenoxy) is 1. The Morgan fingerprint density at radius 3 is 2.57 bits per heavy atom. The Balaban J connectivity index is 1.84. The molecule has 2 rings (SSSR count). The zero-order valence-corrected chi connectivity index (χ0v) is 14.1. The molecule has 8 heteroatoms. The molecule has 2 aromatic rings. The minimum atomic E-state index is -0.708. The number of rotatable bonds is 7. The highest BCUT2D eigenvalue weighted by Crippen LogP contribution is 2.22. The van der Waals surface area contributed by atoms with Crippen molar-refractivity contribution in [1.82, 2.24) is 10.6 Å². The Labute approximate surface area is 141 Å². The van der Waals surface area contributed by atoms with E-state index >= 15 is 0 Å². The Morgan fingerprint density at radius 1 is 1.09 bits per heavy atom. The molecule has 0 saturated carbocycles. The summed E-state index contributed by atoms with van der Waals surface area (Å²) in [7, 11) is 1.51. The predicted octanol–water partition coefficient (Wildman–Crippen LogP) is 1.42. The molecule has 2 amide bonds. The van der Waals surface area contributed by atoms with Crippen LogP contribution in [0.25, 0.3) is 0 Å². The van der Waals surface area contributed by atoms with E-state index in [1.807, 2.05) is 11.4 Å². The van der Waals surface area contributed by atoms with Crippen LogP contribution in [-0.2, 0) is 20.9 Å². The number of hydrogen-bond donors (Lipinski definition) is 2. The third kappa shape index (κ3) is 4.98. The molecule has 0 radical (unpaired) electrons. The van der Waals surface area contributed by atoms with E-state index in [9.17, 15) is 14.4 Å². The minimum Gasteiger partial charge on any atom is -0.383 e. The van der Waals surface area contributed by atoms with Crippen molar-refractivity contribution in [2.45, 2.75) is 6.54 Å². The lowest BCUT2D eigenvalue weighted by Crippen LogP contribution is -2.40. The first-order valence-corrected chi connectivity index (χ1v) is 8.53. The van der Waals surface area contributed by atoms with Crippen molar-refractivity contribution in [2.75, 3.05) is 20.3 Å². The predicted molar refractivity (Wildman–Crippen MR) is 88.8 cm³/mol. The quantitative estimate of drug-likeness (QED) is 0.448. The van der Waals surface area contributed by atoms with Crippen LogP contribution in [-0.4, -0.2) is 37.9 Å². The molecule has 0 atom stereocenters. The first kappa shape index (κ1) is 17.3. The normalized spacial score (nSPS) is 10.3. The molecule has 0 aliphatic carbocycles. The van der Waals surface area contributed by atoms with Gasteiger partial charge < -0.3 is 15.4 Å². The number of carbonyl (C=O) groups is 3. The third-order valence-corrected chi connectivity index (χ3v) is 4.80. The van der Waals surface area contributed by atoms with Crippen LogP contribution >= 0.6 is 22.7 Å². The molecule has 2 heterocycles. The van der Waals surface area contributed by atoms with E-state index in [1.54, 1.807) is 18.2 Å². The second-order valence-corrected chi connectivity index (χ2v) is 6.62. The maximum Gasteiger partial charge on any atom is 0.309 e. The number of amides is 2. The van der Waals surface area contributed by atoms with Crippen molar-refractivity contribution in [1.29, 1.82) is 0 Å². The van der Waals surface area contributed by atoms with Crippen molar-refractivity contribution in [2.24, 2.45) is 0 Å². The van der Waals surface area contributed by atoms with E-state index in [2.05, 4.69) is 10.6 Å². The molecule has 2 N–H and O–H groups in total. The van der Waals surface area contributed by atoms with Crippen LogP contribution < -0.4 is 10.6 Å². The maximum atomic E-state index is 12.2. The van der Waals surface area contributed by atoms with Gasteiger partial charge in [-0.15, -0.1) is 22.7 Å². The first-order valence-electron chi connectivity index (χ1n) is 6.83. The molecule has 6 nitrogen and oxygen atoms in total. The SMILES string of the molecule is COCCNC(=O)C(=O)NCc1ccc(C(=O)c2cccs2)s1. The smallest absolute Gasteiger partial charge is 0.309 e. The van der Waals surface area contributed by atoms with E-state index in [-0.39, 0.29) is 18.9 Å². The zero-order valence-electron chi connectivity index (χ0n) is 12.5. The van der Waals surface area contributed by atoms with Crippen LogP contribution in [0.15, 0.2) is 29.6 Å². The van der Waals surface area contributed by atoms with Crippen molar-refractivity contribution >= 4 is 40.3 Å². The van der Waals surface area contributed by atoms with Gasteiger partial charge in [0.15, 0.2) is 0 Å². The molecular weight excluding hydrogens is 336 g/mol. The van der Waals surface area contributed by atoms with Gasteiger partial charge in [-0.25, -0.2) is 0 Å². The Kier molecular flexibility index (Phi) is 6.45. The fourth-order valence-electron chi connectivity index (χ4n) is 1.72. The summed E-state index contributed by atoms with van der Waals surface area (Å²) in [4.78, 5) is 37.4. The molecule has 23 heavy (non-hydrogen) atoms. The van der Waals surface area contributed by atoms with Crippen LogP contribution in [0.2, 0.25) is 0 Å². The van der Waals surface area contributed by atoms with Crippen molar-refractivity contribution in [3.05, 3.63) is 44.3 Å². The van der Waals surface area contributed by atoms with Gasteiger partial charge in [0.2, 0.25) is 5.78 Å². The summed E-state index contributed by atoms with van der Waals surface area (Å²) < 4.78 is 4.78. The molecular formula is C15H16N2O4S2. The second-order valence-electron chi connectivity index (χ2n) is 4.50. The summed E-state index contributed by atoms with van der Waals surface area (Å²) in [5, 5.41) is 6.81. The number of hydrogen-bond acceptors (Lipinski definition) is 6. The Hall–Kier alpha value is -2.03. The molecule has 0 fully saturated rings. The molecule has 122 valence electrons. The number of carbonyl (C=O) groups excluding carboxylic acids is 3. The number of nitrogens with one attached hydrogen (secondary N) is 2. The maximum absolute atomic E-state index is 12.2. The molecule has 0 aliphatic heterocycles. The number of methoxy groups -OCH3 is 1. The largest absolute Gasteiger partial charge is 0.383 e. The summed E-state index contributed by atoms with van der Waals surface area (Å²) in [6, 6.07) is 7.11. The molecule has 0 aliphatic rings. The van der Waals surface area contributed by atoms with Gasteiger partial charge in [-0.2, -0.15) is 0 Å². The average molecular weight is 352 g/mol. The van der Waals surface area contributed by atoms with Crippen molar-refractivity contribution in [3.8, 4) is 0 Å². The van der Waals surface area contributed by atoms with Crippen LogP contribution in [0, 0.1) is 0 Å². The van der Waals surface area contributed by atoms with Crippen LogP contribution in [0.4, 0.5) is 0 Å². The van der Waals surface area contributed by atoms with E-state index in [4.69, 9.17) is 4.74 Å². The monoisotopic (exact) mass is 352 g/mol. The molecule has 0 saturated heterocycles. The van der Waals surface area contributed by atoms with Crippen molar-refractivity contribution < 1.29 is 19.1 Å². The fourth-order valence-corrected chi connectivity index (χ4v) is 3.36. The summed E-state index contributed by atoms with van der Waals surface area (Å²) >= 11 is 2.70. The molecule has 0 aromatic carbocycles. The molecule has 0 unspecified atom stereocenters. The van der Waals surface area contributed by atoms with Crippen LogP contribution in [0.5, 0.6) is 0 Å². The van der Waals surface area contributed by atoms with E-state index in [0.29, 0.717) is 16.4 Å². The van der Waals surface area contributed by atoms with Gasteiger partial charge in [0, 0.05) is 18.5 Å². The number of thiophene rings is 2. The van der Waals surface area contributed by atoms with Gasteiger partial charge >= 0.3 is 11.8 Å². The highest BCUT2D eigenvalue weighted by Gasteiger charge is 2.15. The van der Waals surface area contributed by atoms with Gasteiger partial charge in [-0.05, 0) is 23.6 Å². The first-order chi connectivity index (χ1) is 11.1. The third-order valence-electron chi connectivity index (χ3n) is 2.85. The fraction of sp³-hybridized carbons (Fsp3) is 0.267. The minimum absolute atomic E-state index is 0.0279. The summed E-state index contributed by atoms with van der Waals surface area (Å²) in [6.45, 7) is 0.832.